The van der Waals surface area contributed by atoms with Crippen LogP contribution >= 0.6 is 0 Å². The minimum atomic E-state index is -0.474. The van der Waals surface area contributed by atoms with Crippen molar-refractivity contribution < 1.29 is 8.78 Å². The summed E-state index contributed by atoms with van der Waals surface area (Å²) >= 11 is 0. The molecule has 5 heteroatoms. The van der Waals surface area contributed by atoms with Gasteiger partial charge in [-0.3, -0.25) is 0 Å². The van der Waals surface area contributed by atoms with Gasteiger partial charge >= 0.3 is 0 Å². The number of aliphatic imine (C=N–C) groups is 1. The van der Waals surface area contributed by atoms with Crippen LogP contribution in [0.2, 0.25) is 0 Å². The predicted molar refractivity (Wildman–Crippen MR) is 64.6 cm³/mol. The maximum absolute atomic E-state index is 13.3. The van der Waals surface area contributed by atoms with Gasteiger partial charge in [-0.1, -0.05) is 0 Å². The number of rotatable bonds is 4. The van der Waals surface area contributed by atoms with Gasteiger partial charge in [0.15, 0.2) is 5.96 Å². The summed E-state index contributed by atoms with van der Waals surface area (Å²) in [4.78, 5) is 5.90. The van der Waals surface area contributed by atoms with Crippen LogP contribution in [0, 0.1) is 11.6 Å². The van der Waals surface area contributed by atoms with Crippen LogP contribution in [0.3, 0.4) is 0 Å². The molecule has 17 heavy (non-hydrogen) atoms. The summed E-state index contributed by atoms with van der Waals surface area (Å²) in [5.41, 5.74) is 5.94. The second-order valence-corrected chi connectivity index (χ2v) is 3.58. The van der Waals surface area contributed by atoms with Crippen molar-refractivity contribution in [3.63, 3.8) is 0 Å². The third-order valence-electron chi connectivity index (χ3n) is 2.51. The van der Waals surface area contributed by atoms with Gasteiger partial charge in [-0.15, -0.1) is 0 Å². The lowest BCUT2D eigenvalue weighted by Gasteiger charge is -2.19. The van der Waals surface area contributed by atoms with Gasteiger partial charge in [-0.2, -0.15) is 0 Å². The van der Waals surface area contributed by atoms with Crippen molar-refractivity contribution in [1.29, 1.82) is 0 Å². The Kier molecular flexibility index (Phi) is 4.87. The molecule has 0 atom stereocenters. The standard InChI is InChI=1S/C12H17F2N3/c1-3-17(4-2)12(15)16-8-9-7-10(13)5-6-11(9)14/h5-7H,3-4,8H2,1-2H3,(H2,15,16). The van der Waals surface area contributed by atoms with Crippen molar-refractivity contribution in [1.82, 2.24) is 4.90 Å². The van der Waals surface area contributed by atoms with Crippen LogP contribution in [0.15, 0.2) is 23.2 Å². The van der Waals surface area contributed by atoms with Crippen LogP contribution in [0.1, 0.15) is 19.4 Å². The number of benzene rings is 1. The van der Waals surface area contributed by atoms with Crippen molar-refractivity contribution in [2.75, 3.05) is 13.1 Å². The van der Waals surface area contributed by atoms with Crippen LogP contribution < -0.4 is 5.73 Å². The average Bonchev–Trinajstić information content (AvgIpc) is 2.32. The second-order valence-electron chi connectivity index (χ2n) is 3.58. The van der Waals surface area contributed by atoms with Crippen LogP contribution in [-0.4, -0.2) is 23.9 Å². The van der Waals surface area contributed by atoms with Gasteiger partial charge in [0.05, 0.1) is 6.54 Å². The first-order valence-corrected chi connectivity index (χ1v) is 5.57. The molecule has 1 aromatic carbocycles. The molecule has 0 fully saturated rings. The van der Waals surface area contributed by atoms with Crippen LogP contribution in [0.4, 0.5) is 8.78 Å². The molecule has 0 saturated carbocycles. The van der Waals surface area contributed by atoms with E-state index >= 15 is 0 Å². The largest absolute Gasteiger partial charge is 0.370 e. The maximum atomic E-state index is 13.3. The molecule has 1 rings (SSSR count). The van der Waals surface area contributed by atoms with E-state index in [-0.39, 0.29) is 12.1 Å². The summed E-state index contributed by atoms with van der Waals surface area (Å²) < 4.78 is 26.2. The van der Waals surface area contributed by atoms with E-state index in [1.807, 2.05) is 18.7 Å². The first kappa shape index (κ1) is 13.4. The zero-order chi connectivity index (χ0) is 12.8. The van der Waals surface area contributed by atoms with E-state index in [1.165, 1.54) is 0 Å². The highest BCUT2D eigenvalue weighted by molar-refractivity contribution is 5.77. The molecule has 0 aliphatic heterocycles. The van der Waals surface area contributed by atoms with Crippen LogP contribution in [0.5, 0.6) is 0 Å². The smallest absolute Gasteiger partial charge is 0.191 e. The Bertz CT molecular complexity index is 401. The Balaban J connectivity index is 2.78. The molecule has 0 bridgehead atoms. The highest BCUT2D eigenvalue weighted by atomic mass is 19.1. The summed E-state index contributed by atoms with van der Waals surface area (Å²) in [5.74, 6) is -0.598. The molecule has 0 spiro atoms. The van der Waals surface area contributed by atoms with Gasteiger partial charge < -0.3 is 10.6 Å². The van der Waals surface area contributed by atoms with E-state index in [2.05, 4.69) is 4.99 Å². The Morgan fingerprint density at radius 3 is 2.53 bits per heavy atom. The normalized spacial score (nSPS) is 11.6. The Hall–Kier alpha value is -1.65. The third kappa shape index (κ3) is 3.69. The van der Waals surface area contributed by atoms with E-state index in [4.69, 9.17) is 5.73 Å². The van der Waals surface area contributed by atoms with Gasteiger partial charge in [-0.25, -0.2) is 13.8 Å². The molecular formula is C12H17F2N3. The molecule has 0 heterocycles. The highest BCUT2D eigenvalue weighted by Crippen LogP contribution is 2.10. The summed E-state index contributed by atoms with van der Waals surface area (Å²) in [7, 11) is 0. The quantitative estimate of drug-likeness (QED) is 0.648. The number of halogens is 2. The maximum Gasteiger partial charge on any atom is 0.191 e. The zero-order valence-electron chi connectivity index (χ0n) is 10.1. The van der Waals surface area contributed by atoms with E-state index < -0.39 is 11.6 Å². The summed E-state index contributed by atoms with van der Waals surface area (Å²) in [6.45, 7) is 5.42. The molecule has 0 radical (unpaired) electrons. The van der Waals surface area contributed by atoms with Gasteiger partial charge in [0, 0.05) is 18.7 Å². The van der Waals surface area contributed by atoms with E-state index in [9.17, 15) is 8.78 Å². The number of guanidine groups is 1. The fourth-order valence-corrected chi connectivity index (χ4v) is 1.48. The zero-order valence-corrected chi connectivity index (χ0v) is 10.1. The topological polar surface area (TPSA) is 41.6 Å². The van der Waals surface area contributed by atoms with Crippen molar-refractivity contribution in [3.8, 4) is 0 Å². The molecular weight excluding hydrogens is 224 g/mol. The van der Waals surface area contributed by atoms with Gasteiger partial charge in [0.2, 0.25) is 0 Å². The van der Waals surface area contributed by atoms with Crippen LogP contribution in [0.25, 0.3) is 0 Å². The van der Waals surface area contributed by atoms with Crippen molar-refractivity contribution in [2.45, 2.75) is 20.4 Å². The van der Waals surface area contributed by atoms with E-state index in [1.54, 1.807) is 0 Å². The fraction of sp³-hybridized carbons (Fsp3) is 0.417. The molecule has 94 valence electrons. The Morgan fingerprint density at radius 1 is 1.29 bits per heavy atom. The first-order valence-electron chi connectivity index (χ1n) is 5.57. The van der Waals surface area contributed by atoms with Gasteiger partial charge in [0.1, 0.15) is 11.6 Å². The van der Waals surface area contributed by atoms with E-state index in [0.29, 0.717) is 5.96 Å². The first-order chi connectivity index (χ1) is 8.08. The SMILES string of the molecule is CCN(CC)C(N)=NCc1cc(F)ccc1F. The number of hydrogen-bond donors (Lipinski definition) is 1. The lowest BCUT2D eigenvalue weighted by molar-refractivity contribution is 0.457. The molecule has 0 amide bonds. The second kappa shape index (κ2) is 6.18. The van der Waals surface area contributed by atoms with Crippen molar-refractivity contribution in [2.24, 2.45) is 10.7 Å². The molecule has 0 saturated heterocycles. The monoisotopic (exact) mass is 241 g/mol. The van der Waals surface area contributed by atoms with Crippen LogP contribution in [-0.2, 0) is 6.54 Å². The summed E-state index contributed by atoms with van der Waals surface area (Å²) in [6.07, 6.45) is 0. The number of hydrogen-bond acceptors (Lipinski definition) is 1. The van der Waals surface area contributed by atoms with Crippen molar-refractivity contribution >= 4 is 5.96 Å². The fourth-order valence-electron chi connectivity index (χ4n) is 1.48. The Morgan fingerprint density at radius 2 is 1.94 bits per heavy atom. The molecule has 0 aromatic heterocycles. The molecule has 1 aromatic rings. The third-order valence-corrected chi connectivity index (χ3v) is 2.51. The molecule has 3 nitrogen and oxygen atoms in total. The predicted octanol–water partition coefficient (Wildman–Crippen LogP) is 2.12. The minimum Gasteiger partial charge on any atom is -0.370 e. The summed E-state index contributed by atoms with van der Waals surface area (Å²) in [6, 6.07) is 3.30. The molecule has 0 unspecified atom stereocenters. The lowest BCUT2D eigenvalue weighted by atomic mass is 10.2. The Labute approximate surface area is 99.9 Å². The average molecular weight is 241 g/mol. The van der Waals surface area contributed by atoms with E-state index in [0.717, 1.165) is 31.3 Å². The molecule has 0 aliphatic carbocycles. The number of nitrogens with zero attached hydrogens (tertiary/aromatic N) is 2. The number of nitrogens with two attached hydrogens (primary N) is 1. The molecule has 2 N–H and O–H groups in total. The summed E-state index contributed by atoms with van der Waals surface area (Å²) in [5, 5.41) is 0. The van der Waals surface area contributed by atoms with Gasteiger partial charge in [0.25, 0.3) is 0 Å². The lowest BCUT2D eigenvalue weighted by Crippen LogP contribution is -2.37. The minimum absolute atomic E-state index is 0.0475. The molecule has 0 aliphatic rings. The van der Waals surface area contributed by atoms with Crippen molar-refractivity contribution in [3.05, 3.63) is 35.4 Å². The van der Waals surface area contributed by atoms with Gasteiger partial charge in [-0.05, 0) is 32.0 Å². The highest BCUT2D eigenvalue weighted by Gasteiger charge is 2.05.